The fraction of sp³-hybridized carbons (Fsp3) is 0.357. The van der Waals surface area contributed by atoms with Gasteiger partial charge in [-0.3, -0.25) is 9.88 Å². The zero-order valence-electron chi connectivity index (χ0n) is 10.7. The maximum Gasteiger partial charge on any atom is 0.118 e. The molecule has 4 heteroatoms. The lowest BCUT2D eigenvalue weighted by atomic mass is 10.2. The van der Waals surface area contributed by atoms with E-state index in [0.717, 1.165) is 36.5 Å². The Morgan fingerprint density at radius 1 is 1.39 bits per heavy atom. The van der Waals surface area contributed by atoms with Crippen LogP contribution in [-0.2, 0) is 19.5 Å². The molecule has 0 radical (unpaired) electrons. The second-order valence-electron chi connectivity index (χ2n) is 4.43. The number of pyridine rings is 1. The second kappa shape index (κ2) is 6.33. The van der Waals surface area contributed by atoms with Crippen molar-refractivity contribution in [1.29, 1.82) is 0 Å². The van der Waals surface area contributed by atoms with Crippen LogP contribution in [-0.4, -0.2) is 23.5 Å². The molecule has 0 saturated carbocycles. The van der Waals surface area contributed by atoms with E-state index in [9.17, 15) is 0 Å². The van der Waals surface area contributed by atoms with E-state index in [1.54, 1.807) is 6.26 Å². The molecule has 0 amide bonds. The molecule has 0 atom stereocenters. The molecule has 0 unspecified atom stereocenters. The quantitative estimate of drug-likeness (QED) is 0.843. The monoisotopic (exact) mass is 245 g/mol. The van der Waals surface area contributed by atoms with Gasteiger partial charge in [-0.15, -0.1) is 0 Å². The van der Waals surface area contributed by atoms with E-state index in [2.05, 4.69) is 16.9 Å². The Morgan fingerprint density at radius 2 is 2.28 bits per heavy atom. The predicted molar refractivity (Wildman–Crippen MR) is 70.9 cm³/mol. The van der Waals surface area contributed by atoms with Crippen molar-refractivity contribution in [3.8, 4) is 0 Å². The lowest BCUT2D eigenvalue weighted by molar-refractivity contribution is 0.297. The van der Waals surface area contributed by atoms with Crippen LogP contribution in [0.5, 0.6) is 0 Å². The molecule has 2 heterocycles. The number of hydrogen-bond acceptors (Lipinski definition) is 4. The third-order valence-electron chi connectivity index (χ3n) is 2.85. The molecule has 2 aromatic heterocycles. The van der Waals surface area contributed by atoms with Crippen molar-refractivity contribution >= 4 is 0 Å². The zero-order valence-corrected chi connectivity index (χ0v) is 10.7. The summed E-state index contributed by atoms with van der Waals surface area (Å²) in [6.07, 6.45) is 4.50. The zero-order chi connectivity index (χ0) is 12.8. The summed E-state index contributed by atoms with van der Waals surface area (Å²) in [6.45, 7) is 2.28. The maximum absolute atomic E-state index is 5.55. The molecule has 0 aliphatic rings. The fourth-order valence-electron chi connectivity index (χ4n) is 1.81. The van der Waals surface area contributed by atoms with Gasteiger partial charge in [-0.05, 0) is 25.2 Å². The standard InChI is InChI=1S/C14H19N3O/c1-17(7-5-13-4-2-3-6-16-13)10-14-8-12(9-15)11-18-14/h2-4,6,8,11H,5,7,9-10,15H2,1H3. The van der Waals surface area contributed by atoms with Gasteiger partial charge in [0.1, 0.15) is 5.76 Å². The number of nitrogens with two attached hydrogens (primary N) is 1. The highest BCUT2D eigenvalue weighted by molar-refractivity contribution is 5.12. The van der Waals surface area contributed by atoms with Crippen LogP contribution >= 0.6 is 0 Å². The van der Waals surface area contributed by atoms with E-state index in [0.29, 0.717) is 6.54 Å². The summed E-state index contributed by atoms with van der Waals surface area (Å²) in [5, 5.41) is 0. The van der Waals surface area contributed by atoms with Crippen molar-refractivity contribution in [3.63, 3.8) is 0 Å². The highest BCUT2D eigenvalue weighted by Crippen LogP contribution is 2.09. The van der Waals surface area contributed by atoms with Crippen LogP contribution in [0.3, 0.4) is 0 Å². The van der Waals surface area contributed by atoms with Gasteiger partial charge in [-0.1, -0.05) is 6.07 Å². The molecule has 0 aliphatic carbocycles. The summed E-state index contributed by atoms with van der Waals surface area (Å²) >= 11 is 0. The maximum atomic E-state index is 5.55. The summed E-state index contributed by atoms with van der Waals surface area (Å²) in [4.78, 5) is 6.52. The average molecular weight is 245 g/mol. The molecule has 96 valence electrons. The van der Waals surface area contributed by atoms with E-state index in [4.69, 9.17) is 10.2 Å². The van der Waals surface area contributed by atoms with Gasteiger partial charge in [0.05, 0.1) is 12.8 Å². The molecule has 0 aromatic carbocycles. The number of aromatic nitrogens is 1. The molecule has 0 fully saturated rings. The van der Waals surface area contributed by atoms with Crippen molar-refractivity contribution in [2.24, 2.45) is 5.73 Å². The van der Waals surface area contributed by atoms with E-state index >= 15 is 0 Å². The SMILES string of the molecule is CN(CCc1ccccn1)Cc1cc(CN)co1. The van der Waals surface area contributed by atoms with Gasteiger partial charge >= 0.3 is 0 Å². The number of hydrogen-bond donors (Lipinski definition) is 1. The van der Waals surface area contributed by atoms with E-state index in [1.165, 1.54) is 0 Å². The highest BCUT2D eigenvalue weighted by Gasteiger charge is 2.05. The van der Waals surface area contributed by atoms with Crippen LogP contribution in [0, 0.1) is 0 Å². The summed E-state index contributed by atoms with van der Waals surface area (Å²) < 4.78 is 5.44. The number of nitrogens with zero attached hydrogens (tertiary/aromatic N) is 2. The summed E-state index contributed by atoms with van der Waals surface area (Å²) in [6, 6.07) is 8.01. The van der Waals surface area contributed by atoms with Gasteiger partial charge in [0.2, 0.25) is 0 Å². The van der Waals surface area contributed by atoms with Crippen LogP contribution in [0.15, 0.2) is 41.1 Å². The Bertz CT molecular complexity index is 467. The topological polar surface area (TPSA) is 55.3 Å². The molecule has 2 aromatic rings. The molecule has 0 spiro atoms. The van der Waals surface area contributed by atoms with Crippen LogP contribution in [0.2, 0.25) is 0 Å². The third-order valence-corrected chi connectivity index (χ3v) is 2.85. The van der Waals surface area contributed by atoms with Gasteiger partial charge < -0.3 is 10.2 Å². The largest absolute Gasteiger partial charge is 0.468 e. The summed E-state index contributed by atoms with van der Waals surface area (Å²) in [7, 11) is 2.08. The Hall–Kier alpha value is -1.65. The minimum atomic E-state index is 0.529. The molecule has 0 saturated heterocycles. The Morgan fingerprint density at radius 3 is 2.94 bits per heavy atom. The summed E-state index contributed by atoms with van der Waals surface area (Å²) in [5.74, 6) is 0.957. The lowest BCUT2D eigenvalue weighted by Crippen LogP contribution is -2.20. The van der Waals surface area contributed by atoms with Crippen LogP contribution in [0.4, 0.5) is 0 Å². The molecule has 0 bridgehead atoms. The van der Waals surface area contributed by atoms with Crippen molar-refractivity contribution in [1.82, 2.24) is 9.88 Å². The number of rotatable bonds is 6. The smallest absolute Gasteiger partial charge is 0.118 e. The van der Waals surface area contributed by atoms with Crippen molar-refractivity contribution in [2.45, 2.75) is 19.5 Å². The van der Waals surface area contributed by atoms with Gasteiger partial charge in [0, 0.05) is 37.0 Å². The molecule has 4 nitrogen and oxygen atoms in total. The molecule has 2 rings (SSSR count). The molecule has 2 N–H and O–H groups in total. The molecular weight excluding hydrogens is 226 g/mol. The van der Waals surface area contributed by atoms with Crippen molar-refractivity contribution < 1.29 is 4.42 Å². The Labute approximate surface area is 107 Å². The first kappa shape index (κ1) is 12.8. The Balaban J connectivity index is 1.80. The minimum Gasteiger partial charge on any atom is -0.468 e. The van der Waals surface area contributed by atoms with Gasteiger partial charge in [-0.25, -0.2) is 0 Å². The van der Waals surface area contributed by atoms with Crippen LogP contribution in [0.1, 0.15) is 17.0 Å². The predicted octanol–water partition coefficient (Wildman–Crippen LogP) is 1.81. The third kappa shape index (κ3) is 3.68. The lowest BCUT2D eigenvalue weighted by Gasteiger charge is -2.14. The Kier molecular flexibility index (Phi) is 4.50. The first-order valence-electron chi connectivity index (χ1n) is 6.12. The molecule has 0 aliphatic heterocycles. The normalized spacial score (nSPS) is 11.1. The van der Waals surface area contributed by atoms with E-state index in [1.807, 2.05) is 30.5 Å². The van der Waals surface area contributed by atoms with Crippen molar-refractivity contribution in [3.05, 3.63) is 53.7 Å². The first-order chi connectivity index (χ1) is 8.78. The highest BCUT2D eigenvalue weighted by atomic mass is 16.3. The van der Waals surface area contributed by atoms with Crippen LogP contribution in [0.25, 0.3) is 0 Å². The van der Waals surface area contributed by atoms with E-state index in [-0.39, 0.29) is 0 Å². The van der Waals surface area contributed by atoms with Crippen molar-refractivity contribution in [2.75, 3.05) is 13.6 Å². The van der Waals surface area contributed by atoms with Gasteiger partial charge in [0.25, 0.3) is 0 Å². The molecular formula is C14H19N3O. The fourth-order valence-corrected chi connectivity index (χ4v) is 1.81. The van der Waals surface area contributed by atoms with Gasteiger partial charge in [0.15, 0.2) is 0 Å². The molecule has 18 heavy (non-hydrogen) atoms. The number of furan rings is 1. The minimum absolute atomic E-state index is 0.529. The van der Waals surface area contributed by atoms with Crippen LogP contribution < -0.4 is 5.73 Å². The second-order valence-corrected chi connectivity index (χ2v) is 4.43. The van der Waals surface area contributed by atoms with Gasteiger partial charge in [-0.2, -0.15) is 0 Å². The van der Waals surface area contributed by atoms with E-state index < -0.39 is 0 Å². The summed E-state index contributed by atoms with van der Waals surface area (Å²) in [5.41, 5.74) is 7.71. The average Bonchev–Trinajstić information content (AvgIpc) is 2.85. The number of likely N-dealkylation sites (N-methyl/N-ethyl adjacent to an activating group) is 1. The first-order valence-corrected chi connectivity index (χ1v) is 6.12.